The summed E-state index contributed by atoms with van der Waals surface area (Å²) in [7, 11) is -0.589. The van der Waals surface area contributed by atoms with Crippen molar-refractivity contribution in [2.45, 2.75) is 11.4 Å². The van der Waals surface area contributed by atoms with E-state index >= 15 is 0 Å². The van der Waals surface area contributed by atoms with Gasteiger partial charge in [-0.05, 0) is 29.1 Å². The van der Waals surface area contributed by atoms with Crippen LogP contribution in [0.15, 0.2) is 55.9 Å². The van der Waals surface area contributed by atoms with E-state index in [0.29, 0.717) is 5.56 Å². The molecule has 2 aromatic heterocycles. The quantitative estimate of drug-likeness (QED) is 0.689. The van der Waals surface area contributed by atoms with E-state index < -0.39 is 15.8 Å². The molecule has 126 valence electrons. The van der Waals surface area contributed by atoms with Gasteiger partial charge in [0.2, 0.25) is 10.0 Å². The SMILES string of the molecule is CN(C)S(=O)(=O)c1cccc(Cn2nc(-c3cccs3)oc2=O)c1. The van der Waals surface area contributed by atoms with Crippen LogP contribution in [0.25, 0.3) is 10.8 Å². The van der Waals surface area contributed by atoms with Crippen LogP contribution in [0.4, 0.5) is 0 Å². The molecule has 0 spiro atoms. The Morgan fingerprint density at radius 2 is 2.04 bits per heavy atom. The van der Waals surface area contributed by atoms with Crippen LogP contribution in [-0.2, 0) is 16.6 Å². The fraction of sp³-hybridized carbons (Fsp3) is 0.200. The first-order valence-electron chi connectivity index (χ1n) is 7.01. The van der Waals surface area contributed by atoms with E-state index in [1.165, 1.54) is 42.2 Å². The number of nitrogens with zero attached hydrogens (tertiary/aromatic N) is 3. The molecule has 7 nitrogen and oxygen atoms in total. The summed E-state index contributed by atoms with van der Waals surface area (Å²) in [5.41, 5.74) is 0.644. The maximum atomic E-state index is 12.2. The van der Waals surface area contributed by atoms with Crippen molar-refractivity contribution in [1.82, 2.24) is 14.1 Å². The van der Waals surface area contributed by atoms with Crippen LogP contribution in [-0.4, -0.2) is 36.6 Å². The minimum Gasteiger partial charge on any atom is -0.387 e. The van der Waals surface area contributed by atoms with Gasteiger partial charge in [0.15, 0.2) is 0 Å². The zero-order chi connectivity index (χ0) is 17.3. The molecule has 3 rings (SSSR count). The van der Waals surface area contributed by atoms with Crippen LogP contribution in [0.3, 0.4) is 0 Å². The lowest BCUT2D eigenvalue weighted by molar-refractivity contribution is 0.495. The summed E-state index contributed by atoms with van der Waals surface area (Å²) < 4.78 is 31.8. The monoisotopic (exact) mass is 365 g/mol. The van der Waals surface area contributed by atoms with Crippen LogP contribution in [0.1, 0.15) is 5.56 Å². The Balaban J connectivity index is 1.92. The third kappa shape index (κ3) is 3.18. The highest BCUT2D eigenvalue weighted by Crippen LogP contribution is 2.21. The molecule has 0 bridgehead atoms. The molecule has 0 saturated carbocycles. The molecule has 0 atom stereocenters. The van der Waals surface area contributed by atoms with Crippen LogP contribution in [0, 0.1) is 0 Å². The van der Waals surface area contributed by atoms with Crippen molar-refractivity contribution in [3.63, 3.8) is 0 Å². The van der Waals surface area contributed by atoms with Crippen molar-refractivity contribution in [3.05, 3.63) is 57.9 Å². The zero-order valence-electron chi connectivity index (χ0n) is 13.0. The molecule has 0 unspecified atom stereocenters. The largest absolute Gasteiger partial charge is 0.437 e. The van der Waals surface area contributed by atoms with Gasteiger partial charge >= 0.3 is 5.76 Å². The van der Waals surface area contributed by atoms with E-state index in [0.717, 1.165) is 9.18 Å². The number of aromatic nitrogens is 2. The average Bonchev–Trinajstić information content (AvgIpc) is 3.18. The van der Waals surface area contributed by atoms with Gasteiger partial charge < -0.3 is 4.42 Å². The first kappa shape index (κ1) is 16.6. The summed E-state index contributed by atoms with van der Waals surface area (Å²) in [5, 5.41) is 6.03. The summed E-state index contributed by atoms with van der Waals surface area (Å²) in [5.74, 6) is -0.327. The molecular weight excluding hydrogens is 350 g/mol. The molecule has 2 heterocycles. The van der Waals surface area contributed by atoms with Crippen molar-refractivity contribution in [2.75, 3.05) is 14.1 Å². The Bertz CT molecular complexity index is 1000. The van der Waals surface area contributed by atoms with Gasteiger partial charge in [0, 0.05) is 14.1 Å². The lowest BCUT2D eigenvalue weighted by atomic mass is 10.2. The van der Waals surface area contributed by atoms with E-state index in [2.05, 4.69) is 5.10 Å². The van der Waals surface area contributed by atoms with Crippen LogP contribution < -0.4 is 5.76 Å². The number of rotatable bonds is 5. The molecular formula is C15H15N3O4S2. The normalized spacial score (nSPS) is 12.0. The number of thiophene rings is 1. The van der Waals surface area contributed by atoms with Gasteiger partial charge in [-0.1, -0.05) is 18.2 Å². The Kier molecular flexibility index (Phi) is 4.39. The molecule has 0 saturated heterocycles. The smallest absolute Gasteiger partial charge is 0.387 e. The van der Waals surface area contributed by atoms with E-state index in [-0.39, 0.29) is 17.3 Å². The topological polar surface area (TPSA) is 85.4 Å². The maximum Gasteiger partial charge on any atom is 0.437 e. The molecule has 0 N–H and O–H groups in total. The van der Waals surface area contributed by atoms with Gasteiger partial charge in [-0.25, -0.2) is 17.5 Å². The summed E-state index contributed by atoms with van der Waals surface area (Å²) in [6.45, 7) is 0.129. The molecule has 0 radical (unpaired) electrons. The first-order valence-corrected chi connectivity index (χ1v) is 9.33. The maximum absolute atomic E-state index is 12.2. The molecule has 0 fully saturated rings. The summed E-state index contributed by atoms with van der Waals surface area (Å²) in [6.07, 6.45) is 0. The molecule has 3 aromatic rings. The van der Waals surface area contributed by atoms with Crippen molar-refractivity contribution in [3.8, 4) is 10.8 Å². The Labute approximate surface area is 142 Å². The number of sulfonamides is 1. The van der Waals surface area contributed by atoms with E-state index in [9.17, 15) is 13.2 Å². The highest BCUT2D eigenvalue weighted by molar-refractivity contribution is 7.89. The minimum atomic E-state index is -3.53. The van der Waals surface area contributed by atoms with Crippen molar-refractivity contribution >= 4 is 21.4 Å². The fourth-order valence-electron chi connectivity index (χ4n) is 2.09. The summed E-state index contributed by atoms with van der Waals surface area (Å²) in [4.78, 5) is 12.9. The zero-order valence-corrected chi connectivity index (χ0v) is 14.7. The van der Waals surface area contributed by atoms with Gasteiger partial charge in [-0.2, -0.15) is 4.68 Å². The highest BCUT2D eigenvalue weighted by Gasteiger charge is 2.18. The van der Waals surface area contributed by atoms with Gasteiger partial charge in [0.05, 0.1) is 16.3 Å². The average molecular weight is 365 g/mol. The van der Waals surface area contributed by atoms with Gasteiger partial charge in [-0.3, -0.25) is 0 Å². The van der Waals surface area contributed by atoms with Gasteiger partial charge in [0.25, 0.3) is 5.89 Å². The summed E-state index contributed by atoms with van der Waals surface area (Å²) >= 11 is 1.42. The van der Waals surface area contributed by atoms with Crippen LogP contribution >= 0.6 is 11.3 Å². The molecule has 0 aliphatic heterocycles. The van der Waals surface area contributed by atoms with E-state index in [1.807, 2.05) is 17.5 Å². The first-order chi connectivity index (χ1) is 11.4. The van der Waals surface area contributed by atoms with Crippen molar-refractivity contribution < 1.29 is 12.8 Å². The molecule has 0 aliphatic rings. The Morgan fingerprint density at radius 1 is 1.25 bits per heavy atom. The second-order valence-electron chi connectivity index (χ2n) is 5.24. The Morgan fingerprint density at radius 3 is 2.71 bits per heavy atom. The van der Waals surface area contributed by atoms with Gasteiger partial charge in [-0.15, -0.1) is 16.4 Å². The predicted octanol–water partition coefficient (Wildman–Crippen LogP) is 1.86. The highest BCUT2D eigenvalue weighted by atomic mass is 32.2. The van der Waals surface area contributed by atoms with Crippen molar-refractivity contribution in [1.29, 1.82) is 0 Å². The fourth-order valence-corrected chi connectivity index (χ4v) is 3.71. The Hall–Kier alpha value is -2.23. The lowest BCUT2D eigenvalue weighted by Gasteiger charge is -2.12. The number of hydrogen-bond donors (Lipinski definition) is 0. The third-order valence-electron chi connectivity index (χ3n) is 3.35. The number of benzene rings is 1. The molecule has 1 aromatic carbocycles. The molecule has 0 amide bonds. The molecule has 0 aliphatic carbocycles. The third-order valence-corrected chi connectivity index (χ3v) is 6.02. The van der Waals surface area contributed by atoms with Crippen LogP contribution in [0.2, 0.25) is 0 Å². The molecule has 9 heteroatoms. The second-order valence-corrected chi connectivity index (χ2v) is 8.34. The van der Waals surface area contributed by atoms with E-state index in [1.54, 1.807) is 12.1 Å². The summed E-state index contributed by atoms with van der Waals surface area (Å²) in [6, 6.07) is 10.1. The van der Waals surface area contributed by atoms with Crippen molar-refractivity contribution in [2.24, 2.45) is 0 Å². The lowest BCUT2D eigenvalue weighted by Crippen LogP contribution is -2.22. The van der Waals surface area contributed by atoms with E-state index in [4.69, 9.17) is 4.42 Å². The second kappa shape index (κ2) is 6.34. The van der Waals surface area contributed by atoms with Crippen LogP contribution in [0.5, 0.6) is 0 Å². The predicted molar refractivity (Wildman–Crippen MR) is 90.5 cm³/mol. The molecule has 24 heavy (non-hydrogen) atoms. The minimum absolute atomic E-state index is 0.129. The van der Waals surface area contributed by atoms with Gasteiger partial charge in [0.1, 0.15) is 0 Å². The number of hydrogen-bond acceptors (Lipinski definition) is 6. The standard InChI is InChI=1S/C15H15N3O4S2/c1-17(2)24(20,21)12-6-3-5-11(9-12)10-18-15(19)22-14(16-18)13-7-4-8-23-13/h3-9H,10H2,1-2H3.